The largest absolute Gasteiger partial charge is 0.379 e. The van der Waals surface area contributed by atoms with Crippen molar-refractivity contribution < 1.29 is 13.2 Å². The molecule has 2 fully saturated rings. The molecule has 2 aliphatic rings. The second-order valence-electron chi connectivity index (χ2n) is 7.38. The normalized spacial score (nSPS) is 19.4. The van der Waals surface area contributed by atoms with E-state index in [1.807, 2.05) is 36.4 Å². The fourth-order valence-electron chi connectivity index (χ4n) is 3.85. The highest BCUT2D eigenvalue weighted by Crippen LogP contribution is 2.26. The second-order valence-corrected chi connectivity index (χ2v) is 9.72. The number of hydrogen-bond donors (Lipinski definition) is 0. The Hall–Kier alpha value is -1.64. The zero-order valence-electron chi connectivity index (χ0n) is 16.3. The van der Waals surface area contributed by atoms with E-state index in [9.17, 15) is 8.42 Å². The average Bonchev–Trinajstić information content (AvgIpc) is 2.76. The molecule has 0 saturated carbocycles. The SMILES string of the molecule is O=S(=O)(c1cccc(CN2CCN(c3ccccc3Cl)CC2)c1)N1CCOCC1. The molecule has 4 rings (SSSR count). The molecule has 2 aromatic carbocycles. The summed E-state index contributed by atoms with van der Waals surface area (Å²) in [6, 6.07) is 15.3. The van der Waals surface area contributed by atoms with Crippen molar-refractivity contribution in [1.29, 1.82) is 0 Å². The van der Waals surface area contributed by atoms with Crippen molar-refractivity contribution in [3.63, 3.8) is 0 Å². The van der Waals surface area contributed by atoms with Gasteiger partial charge in [0.05, 0.1) is 28.8 Å². The molecular weight excluding hydrogens is 410 g/mol. The number of sulfonamides is 1. The van der Waals surface area contributed by atoms with Crippen LogP contribution < -0.4 is 4.90 Å². The molecule has 0 N–H and O–H groups in total. The maximum atomic E-state index is 12.9. The van der Waals surface area contributed by atoms with Crippen molar-refractivity contribution in [1.82, 2.24) is 9.21 Å². The molecule has 2 saturated heterocycles. The fourth-order valence-corrected chi connectivity index (χ4v) is 5.59. The second kappa shape index (κ2) is 9.02. The van der Waals surface area contributed by atoms with Crippen LogP contribution in [0.5, 0.6) is 0 Å². The first-order chi connectivity index (χ1) is 14.0. The molecule has 0 unspecified atom stereocenters. The van der Waals surface area contributed by atoms with Crippen LogP contribution in [-0.2, 0) is 21.3 Å². The van der Waals surface area contributed by atoms with Gasteiger partial charge in [-0.2, -0.15) is 4.31 Å². The highest BCUT2D eigenvalue weighted by molar-refractivity contribution is 7.89. The maximum absolute atomic E-state index is 12.9. The lowest BCUT2D eigenvalue weighted by Gasteiger charge is -2.36. The van der Waals surface area contributed by atoms with Crippen molar-refractivity contribution in [2.75, 3.05) is 57.4 Å². The summed E-state index contributed by atoms with van der Waals surface area (Å²) < 4.78 is 32.6. The third-order valence-corrected chi connectivity index (χ3v) is 7.69. The Labute approximate surface area is 177 Å². The highest BCUT2D eigenvalue weighted by atomic mass is 35.5. The van der Waals surface area contributed by atoms with Crippen LogP contribution in [0.1, 0.15) is 5.56 Å². The van der Waals surface area contributed by atoms with Gasteiger partial charge in [-0.15, -0.1) is 0 Å². The number of nitrogens with zero attached hydrogens (tertiary/aromatic N) is 3. The zero-order valence-corrected chi connectivity index (χ0v) is 17.9. The highest BCUT2D eigenvalue weighted by Gasteiger charge is 2.26. The standard InChI is InChI=1S/C21H26ClN3O3S/c22-20-6-1-2-7-21(20)24-10-8-23(9-11-24)17-18-4-3-5-19(16-18)29(26,27)25-12-14-28-15-13-25/h1-7,16H,8-15,17H2. The first-order valence-corrected chi connectivity index (χ1v) is 11.7. The molecule has 0 bridgehead atoms. The van der Waals surface area contributed by atoms with Gasteiger partial charge >= 0.3 is 0 Å². The van der Waals surface area contributed by atoms with E-state index < -0.39 is 10.0 Å². The topological polar surface area (TPSA) is 53.1 Å². The molecule has 2 aromatic rings. The lowest BCUT2D eigenvalue weighted by molar-refractivity contribution is 0.0730. The molecule has 6 nitrogen and oxygen atoms in total. The van der Waals surface area contributed by atoms with Gasteiger partial charge in [0.2, 0.25) is 10.0 Å². The minimum atomic E-state index is -3.46. The smallest absolute Gasteiger partial charge is 0.243 e. The number of rotatable bonds is 5. The number of hydrogen-bond acceptors (Lipinski definition) is 5. The molecule has 156 valence electrons. The molecule has 0 radical (unpaired) electrons. The van der Waals surface area contributed by atoms with Crippen molar-refractivity contribution in [3.8, 4) is 0 Å². The van der Waals surface area contributed by atoms with Crippen molar-refractivity contribution in [3.05, 3.63) is 59.1 Å². The monoisotopic (exact) mass is 435 g/mol. The summed E-state index contributed by atoms with van der Waals surface area (Å²) in [7, 11) is -3.46. The summed E-state index contributed by atoms with van der Waals surface area (Å²) in [6.07, 6.45) is 0. The third-order valence-electron chi connectivity index (χ3n) is 5.48. The van der Waals surface area contributed by atoms with Crippen LogP contribution in [0.2, 0.25) is 5.02 Å². The van der Waals surface area contributed by atoms with Gasteiger partial charge in [-0.3, -0.25) is 4.90 Å². The predicted octanol–water partition coefficient (Wildman–Crippen LogP) is 2.68. The average molecular weight is 436 g/mol. The van der Waals surface area contributed by atoms with Crippen LogP contribution in [0.3, 0.4) is 0 Å². The van der Waals surface area contributed by atoms with Crippen LogP contribution in [0.25, 0.3) is 0 Å². The van der Waals surface area contributed by atoms with Gasteiger partial charge < -0.3 is 9.64 Å². The van der Waals surface area contributed by atoms with E-state index in [1.165, 1.54) is 4.31 Å². The van der Waals surface area contributed by atoms with E-state index >= 15 is 0 Å². The number of piperazine rings is 1. The van der Waals surface area contributed by atoms with Gasteiger partial charge in [0.25, 0.3) is 0 Å². The van der Waals surface area contributed by atoms with E-state index in [0.29, 0.717) is 31.2 Å². The van der Waals surface area contributed by atoms with Crippen LogP contribution in [0, 0.1) is 0 Å². The van der Waals surface area contributed by atoms with Gasteiger partial charge in [0.15, 0.2) is 0 Å². The Morgan fingerprint density at radius 2 is 1.62 bits per heavy atom. The Morgan fingerprint density at radius 3 is 2.34 bits per heavy atom. The molecule has 0 atom stereocenters. The molecule has 2 aliphatic heterocycles. The summed E-state index contributed by atoms with van der Waals surface area (Å²) in [4.78, 5) is 5.03. The van der Waals surface area contributed by atoms with Crippen LogP contribution in [0.15, 0.2) is 53.4 Å². The summed E-state index contributed by atoms with van der Waals surface area (Å²) in [5.74, 6) is 0. The van der Waals surface area contributed by atoms with Crippen molar-refractivity contribution >= 4 is 27.3 Å². The molecular formula is C21H26ClN3O3S. The van der Waals surface area contributed by atoms with Gasteiger partial charge in [0, 0.05) is 45.8 Å². The predicted molar refractivity (Wildman–Crippen MR) is 115 cm³/mol. The first kappa shape index (κ1) is 20.6. The zero-order chi connectivity index (χ0) is 20.3. The summed E-state index contributed by atoms with van der Waals surface area (Å²) in [6.45, 7) is 6.08. The number of benzene rings is 2. The summed E-state index contributed by atoms with van der Waals surface area (Å²) in [5, 5.41) is 0.780. The number of anilines is 1. The molecule has 8 heteroatoms. The number of halogens is 1. The summed E-state index contributed by atoms with van der Waals surface area (Å²) in [5.41, 5.74) is 2.10. The third kappa shape index (κ3) is 4.75. The lowest BCUT2D eigenvalue weighted by Crippen LogP contribution is -2.46. The van der Waals surface area contributed by atoms with Crippen LogP contribution >= 0.6 is 11.6 Å². The maximum Gasteiger partial charge on any atom is 0.243 e. The number of ether oxygens (including phenoxy) is 1. The lowest BCUT2D eigenvalue weighted by atomic mass is 10.2. The Balaban J connectivity index is 1.40. The Morgan fingerprint density at radius 1 is 0.897 bits per heavy atom. The van der Waals surface area contributed by atoms with Gasteiger partial charge in [-0.05, 0) is 29.8 Å². The van der Waals surface area contributed by atoms with E-state index in [1.54, 1.807) is 6.07 Å². The molecule has 0 aromatic heterocycles. The van der Waals surface area contributed by atoms with E-state index in [2.05, 4.69) is 15.9 Å². The van der Waals surface area contributed by atoms with Crippen molar-refractivity contribution in [2.45, 2.75) is 11.4 Å². The molecule has 29 heavy (non-hydrogen) atoms. The van der Waals surface area contributed by atoms with Crippen LogP contribution in [0.4, 0.5) is 5.69 Å². The van der Waals surface area contributed by atoms with Crippen LogP contribution in [-0.4, -0.2) is 70.1 Å². The van der Waals surface area contributed by atoms with Crippen molar-refractivity contribution in [2.24, 2.45) is 0 Å². The van der Waals surface area contributed by atoms with Gasteiger partial charge in [0.1, 0.15) is 0 Å². The first-order valence-electron chi connectivity index (χ1n) is 9.93. The number of para-hydroxylation sites is 1. The number of morpholine rings is 1. The molecule has 0 amide bonds. The quantitative estimate of drug-likeness (QED) is 0.722. The molecule has 0 aliphatic carbocycles. The fraction of sp³-hybridized carbons (Fsp3) is 0.429. The minimum absolute atomic E-state index is 0.367. The van der Waals surface area contributed by atoms with Gasteiger partial charge in [-0.1, -0.05) is 35.9 Å². The summed E-state index contributed by atoms with van der Waals surface area (Å²) >= 11 is 6.32. The van der Waals surface area contributed by atoms with E-state index in [0.717, 1.165) is 49.0 Å². The minimum Gasteiger partial charge on any atom is -0.379 e. The van der Waals surface area contributed by atoms with E-state index in [4.69, 9.17) is 16.3 Å². The Bertz CT molecular complexity index is 940. The molecule has 2 heterocycles. The molecule has 0 spiro atoms. The Kier molecular flexibility index (Phi) is 6.41. The van der Waals surface area contributed by atoms with E-state index in [-0.39, 0.29) is 0 Å². The van der Waals surface area contributed by atoms with Gasteiger partial charge in [-0.25, -0.2) is 8.42 Å².